The third-order valence-electron chi connectivity index (χ3n) is 2.09. The SMILES string of the molecule is CCOC(=O)COc1ccc(Br)cc1CCN. The van der Waals surface area contributed by atoms with Gasteiger partial charge in [0.2, 0.25) is 0 Å². The van der Waals surface area contributed by atoms with E-state index < -0.39 is 0 Å². The van der Waals surface area contributed by atoms with Crippen LogP contribution in [0.5, 0.6) is 5.75 Å². The van der Waals surface area contributed by atoms with Crippen molar-refractivity contribution in [1.82, 2.24) is 0 Å². The molecule has 0 bridgehead atoms. The molecule has 0 aliphatic rings. The molecule has 0 fully saturated rings. The first kappa shape index (κ1) is 14.0. The van der Waals surface area contributed by atoms with Crippen LogP contribution in [-0.2, 0) is 16.0 Å². The summed E-state index contributed by atoms with van der Waals surface area (Å²) >= 11 is 3.38. The van der Waals surface area contributed by atoms with E-state index in [1.807, 2.05) is 18.2 Å². The van der Waals surface area contributed by atoms with Gasteiger partial charge >= 0.3 is 5.97 Å². The van der Waals surface area contributed by atoms with E-state index in [-0.39, 0.29) is 12.6 Å². The van der Waals surface area contributed by atoms with Crippen LogP contribution in [-0.4, -0.2) is 25.7 Å². The number of hydrogen-bond acceptors (Lipinski definition) is 4. The van der Waals surface area contributed by atoms with E-state index in [1.54, 1.807) is 6.92 Å². The van der Waals surface area contributed by atoms with Crippen molar-refractivity contribution in [3.05, 3.63) is 28.2 Å². The third-order valence-corrected chi connectivity index (χ3v) is 2.58. The van der Waals surface area contributed by atoms with E-state index >= 15 is 0 Å². The van der Waals surface area contributed by atoms with Gasteiger partial charge in [-0.1, -0.05) is 15.9 Å². The van der Waals surface area contributed by atoms with Crippen LogP contribution in [0.1, 0.15) is 12.5 Å². The third kappa shape index (κ3) is 4.75. The topological polar surface area (TPSA) is 61.5 Å². The summed E-state index contributed by atoms with van der Waals surface area (Å²) in [5.41, 5.74) is 6.50. The number of halogens is 1. The van der Waals surface area contributed by atoms with Crippen molar-refractivity contribution in [2.75, 3.05) is 19.8 Å². The molecule has 0 aliphatic heterocycles. The fraction of sp³-hybridized carbons (Fsp3) is 0.417. The van der Waals surface area contributed by atoms with E-state index in [2.05, 4.69) is 15.9 Å². The van der Waals surface area contributed by atoms with Crippen molar-refractivity contribution in [2.45, 2.75) is 13.3 Å². The first-order valence-electron chi connectivity index (χ1n) is 5.44. The molecule has 17 heavy (non-hydrogen) atoms. The maximum Gasteiger partial charge on any atom is 0.344 e. The normalized spacial score (nSPS) is 10.1. The van der Waals surface area contributed by atoms with Crippen LogP contribution >= 0.6 is 15.9 Å². The van der Waals surface area contributed by atoms with E-state index in [0.29, 0.717) is 25.3 Å². The molecule has 0 atom stereocenters. The Morgan fingerprint density at radius 2 is 2.24 bits per heavy atom. The van der Waals surface area contributed by atoms with Crippen LogP contribution < -0.4 is 10.5 Å². The molecule has 1 rings (SSSR count). The molecule has 0 saturated carbocycles. The van der Waals surface area contributed by atoms with Crippen molar-refractivity contribution in [2.24, 2.45) is 5.73 Å². The molecule has 0 unspecified atom stereocenters. The lowest BCUT2D eigenvalue weighted by atomic mass is 10.1. The summed E-state index contributed by atoms with van der Waals surface area (Å²) in [6.07, 6.45) is 0.706. The minimum atomic E-state index is -0.367. The van der Waals surface area contributed by atoms with Gasteiger partial charge in [-0.2, -0.15) is 0 Å². The summed E-state index contributed by atoms with van der Waals surface area (Å²) in [6.45, 7) is 2.58. The monoisotopic (exact) mass is 301 g/mol. The van der Waals surface area contributed by atoms with Gasteiger partial charge in [0.15, 0.2) is 6.61 Å². The highest BCUT2D eigenvalue weighted by Crippen LogP contribution is 2.23. The largest absolute Gasteiger partial charge is 0.482 e. The zero-order chi connectivity index (χ0) is 12.7. The van der Waals surface area contributed by atoms with Gasteiger partial charge < -0.3 is 15.2 Å². The fourth-order valence-corrected chi connectivity index (χ4v) is 1.79. The molecule has 0 heterocycles. The second-order valence-electron chi connectivity index (χ2n) is 3.38. The zero-order valence-corrected chi connectivity index (χ0v) is 11.3. The molecule has 0 saturated heterocycles. The minimum Gasteiger partial charge on any atom is -0.482 e. The fourth-order valence-electron chi connectivity index (χ4n) is 1.38. The molecule has 2 N–H and O–H groups in total. The highest BCUT2D eigenvalue weighted by Gasteiger charge is 2.07. The van der Waals surface area contributed by atoms with Gasteiger partial charge in [-0.05, 0) is 43.7 Å². The van der Waals surface area contributed by atoms with Crippen LogP contribution in [0.4, 0.5) is 0 Å². The molecule has 0 spiro atoms. The molecular weight excluding hydrogens is 286 g/mol. The van der Waals surface area contributed by atoms with Crippen molar-refractivity contribution < 1.29 is 14.3 Å². The van der Waals surface area contributed by atoms with Gasteiger partial charge in [0, 0.05) is 4.47 Å². The summed E-state index contributed by atoms with van der Waals surface area (Å²) in [5.74, 6) is 0.306. The van der Waals surface area contributed by atoms with Crippen molar-refractivity contribution in [3.63, 3.8) is 0 Å². The second-order valence-corrected chi connectivity index (χ2v) is 4.30. The molecule has 94 valence electrons. The highest BCUT2D eigenvalue weighted by molar-refractivity contribution is 9.10. The number of carbonyl (C=O) groups excluding carboxylic acids is 1. The van der Waals surface area contributed by atoms with E-state index in [4.69, 9.17) is 15.2 Å². The smallest absolute Gasteiger partial charge is 0.344 e. The van der Waals surface area contributed by atoms with Gasteiger partial charge in [0.25, 0.3) is 0 Å². The summed E-state index contributed by atoms with van der Waals surface area (Å²) < 4.78 is 11.2. The second kappa shape index (κ2) is 7.29. The molecule has 0 amide bonds. The van der Waals surface area contributed by atoms with E-state index in [0.717, 1.165) is 10.0 Å². The molecule has 1 aromatic carbocycles. The number of benzene rings is 1. The number of rotatable bonds is 6. The molecular formula is C12H16BrNO3. The Kier molecular flexibility index (Phi) is 6.00. The number of nitrogens with two attached hydrogens (primary N) is 1. The highest BCUT2D eigenvalue weighted by atomic mass is 79.9. The van der Waals surface area contributed by atoms with Gasteiger partial charge in [-0.25, -0.2) is 4.79 Å². The maximum atomic E-state index is 11.2. The lowest BCUT2D eigenvalue weighted by molar-refractivity contribution is -0.145. The van der Waals surface area contributed by atoms with Crippen LogP contribution in [0.25, 0.3) is 0 Å². The van der Waals surface area contributed by atoms with Crippen LogP contribution in [0, 0.1) is 0 Å². The lowest BCUT2D eigenvalue weighted by Crippen LogP contribution is -2.15. The number of hydrogen-bond donors (Lipinski definition) is 1. The number of carbonyl (C=O) groups is 1. The van der Waals surface area contributed by atoms with Crippen molar-refractivity contribution in [1.29, 1.82) is 0 Å². The van der Waals surface area contributed by atoms with Gasteiger partial charge in [-0.3, -0.25) is 0 Å². The average Bonchev–Trinajstić information content (AvgIpc) is 2.29. The van der Waals surface area contributed by atoms with Crippen LogP contribution in [0.2, 0.25) is 0 Å². The van der Waals surface area contributed by atoms with E-state index in [1.165, 1.54) is 0 Å². The molecule has 0 radical (unpaired) electrons. The first-order valence-corrected chi connectivity index (χ1v) is 6.23. The average molecular weight is 302 g/mol. The summed E-state index contributed by atoms with van der Waals surface area (Å²) in [7, 11) is 0. The van der Waals surface area contributed by atoms with Gasteiger partial charge in [-0.15, -0.1) is 0 Å². The lowest BCUT2D eigenvalue weighted by Gasteiger charge is -2.10. The summed E-state index contributed by atoms with van der Waals surface area (Å²) in [5, 5.41) is 0. The quantitative estimate of drug-likeness (QED) is 0.815. The Morgan fingerprint density at radius 1 is 1.47 bits per heavy atom. The van der Waals surface area contributed by atoms with Gasteiger partial charge in [0.05, 0.1) is 6.61 Å². The Labute approximate surface area is 109 Å². The number of esters is 1. The summed E-state index contributed by atoms with van der Waals surface area (Å²) in [6, 6.07) is 5.61. The Hall–Kier alpha value is -1.07. The van der Waals surface area contributed by atoms with Crippen molar-refractivity contribution in [3.8, 4) is 5.75 Å². The van der Waals surface area contributed by atoms with Gasteiger partial charge in [0.1, 0.15) is 5.75 Å². The molecule has 1 aromatic rings. The predicted octanol–water partition coefficient (Wildman–Crippen LogP) is 1.89. The van der Waals surface area contributed by atoms with E-state index in [9.17, 15) is 4.79 Å². The Balaban J connectivity index is 2.66. The molecule has 0 aromatic heterocycles. The predicted molar refractivity (Wildman–Crippen MR) is 69.0 cm³/mol. The minimum absolute atomic E-state index is 0.0763. The molecule has 5 heteroatoms. The first-order chi connectivity index (χ1) is 8.17. The van der Waals surface area contributed by atoms with Crippen LogP contribution in [0.15, 0.2) is 22.7 Å². The zero-order valence-electron chi connectivity index (χ0n) is 9.74. The number of ether oxygens (including phenoxy) is 2. The summed E-state index contributed by atoms with van der Waals surface area (Å²) in [4.78, 5) is 11.2. The standard InChI is InChI=1S/C12H16BrNO3/c1-2-16-12(15)8-17-11-4-3-10(13)7-9(11)5-6-14/h3-4,7H,2,5-6,8,14H2,1H3. The Morgan fingerprint density at radius 3 is 2.88 bits per heavy atom. The maximum absolute atomic E-state index is 11.2. The van der Waals surface area contributed by atoms with Crippen LogP contribution in [0.3, 0.4) is 0 Å². The van der Waals surface area contributed by atoms with Crippen molar-refractivity contribution >= 4 is 21.9 Å². The molecule has 0 aliphatic carbocycles. The Bertz CT molecular complexity index is 382. The molecule has 4 nitrogen and oxygen atoms in total.